The third-order valence-electron chi connectivity index (χ3n) is 2.66. The molecular formula is C11H23NO2. The summed E-state index contributed by atoms with van der Waals surface area (Å²) in [4.78, 5) is 0. The molecule has 0 radical (unpaired) electrons. The fraction of sp³-hybridized carbons (Fsp3) is 1.00. The maximum atomic E-state index is 5.93. The summed E-state index contributed by atoms with van der Waals surface area (Å²) in [7, 11) is 1.93. The van der Waals surface area contributed by atoms with Crippen molar-refractivity contribution < 1.29 is 9.47 Å². The number of nitrogens with one attached hydrogen (secondary N) is 1. The molecule has 1 aliphatic heterocycles. The molecule has 0 bridgehead atoms. The molecule has 1 heterocycles. The molecule has 0 saturated carbocycles. The Kier molecular flexibility index (Phi) is 3.56. The summed E-state index contributed by atoms with van der Waals surface area (Å²) in [5.74, 6) is 0. The average molecular weight is 201 g/mol. The van der Waals surface area contributed by atoms with Crippen LogP contribution in [0, 0.1) is 0 Å². The van der Waals surface area contributed by atoms with E-state index in [1.54, 1.807) is 0 Å². The van der Waals surface area contributed by atoms with Crippen molar-refractivity contribution in [3.05, 3.63) is 0 Å². The van der Waals surface area contributed by atoms with Crippen LogP contribution in [0.15, 0.2) is 0 Å². The summed E-state index contributed by atoms with van der Waals surface area (Å²) >= 11 is 0. The van der Waals surface area contributed by atoms with Crippen LogP contribution in [0.5, 0.6) is 0 Å². The minimum Gasteiger partial charge on any atom is -0.374 e. The zero-order valence-electron chi connectivity index (χ0n) is 10.0. The lowest BCUT2D eigenvalue weighted by molar-refractivity contribution is -0.102. The van der Waals surface area contributed by atoms with Crippen LogP contribution in [0.3, 0.4) is 0 Å². The molecular weight excluding hydrogens is 178 g/mol. The van der Waals surface area contributed by atoms with Crippen LogP contribution >= 0.6 is 0 Å². The Labute approximate surface area is 87.2 Å². The molecule has 0 aromatic carbocycles. The van der Waals surface area contributed by atoms with Crippen molar-refractivity contribution in [1.82, 2.24) is 5.32 Å². The first-order valence-corrected chi connectivity index (χ1v) is 5.34. The monoisotopic (exact) mass is 201 g/mol. The summed E-state index contributed by atoms with van der Waals surface area (Å²) in [5, 5.41) is 3.07. The van der Waals surface area contributed by atoms with Crippen molar-refractivity contribution >= 4 is 0 Å². The molecule has 14 heavy (non-hydrogen) atoms. The topological polar surface area (TPSA) is 30.5 Å². The number of hydrogen-bond donors (Lipinski definition) is 1. The van der Waals surface area contributed by atoms with E-state index in [9.17, 15) is 0 Å². The van der Waals surface area contributed by atoms with Crippen LogP contribution in [0.4, 0.5) is 0 Å². The molecule has 0 spiro atoms. The van der Waals surface area contributed by atoms with Gasteiger partial charge in [0, 0.05) is 13.0 Å². The van der Waals surface area contributed by atoms with E-state index in [-0.39, 0.29) is 17.3 Å². The van der Waals surface area contributed by atoms with Gasteiger partial charge in [-0.3, -0.25) is 0 Å². The van der Waals surface area contributed by atoms with Crippen LogP contribution in [0.25, 0.3) is 0 Å². The first-order valence-electron chi connectivity index (χ1n) is 5.34. The van der Waals surface area contributed by atoms with Gasteiger partial charge < -0.3 is 14.8 Å². The first kappa shape index (κ1) is 12.0. The van der Waals surface area contributed by atoms with Gasteiger partial charge in [-0.2, -0.15) is 0 Å². The average Bonchev–Trinajstić information content (AvgIpc) is 2.20. The van der Waals surface area contributed by atoms with Gasteiger partial charge in [0.05, 0.1) is 23.9 Å². The fourth-order valence-electron chi connectivity index (χ4n) is 2.07. The van der Waals surface area contributed by atoms with Crippen molar-refractivity contribution in [3.8, 4) is 0 Å². The van der Waals surface area contributed by atoms with E-state index in [0.717, 1.165) is 19.6 Å². The van der Waals surface area contributed by atoms with Crippen LogP contribution in [-0.4, -0.2) is 37.5 Å². The highest BCUT2D eigenvalue weighted by atomic mass is 16.6. The van der Waals surface area contributed by atoms with Gasteiger partial charge in [0.15, 0.2) is 0 Å². The lowest BCUT2D eigenvalue weighted by atomic mass is 9.97. The second-order valence-electron chi connectivity index (χ2n) is 5.13. The quantitative estimate of drug-likeness (QED) is 0.700. The largest absolute Gasteiger partial charge is 0.374 e. The number of likely N-dealkylation sites (N-methyl/N-ethyl adjacent to an activating group) is 1. The summed E-state index contributed by atoms with van der Waals surface area (Å²) in [6.45, 7) is 10.1. The SMILES string of the molecule is CNCCOC1CC(C)(C)OC1(C)C. The Bertz CT molecular complexity index is 190. The molecule has 0 amide bonds. The van der Waals surface area contributed by atoms with E-state index < -0.39 is 0 Å². The standard InChI is InChI=1S/C11H23NO2/c1-10(2)8-9(11(3,4)14-10)13-7-6-12-5/h9,12H,6-8H2,1-5H3. The second-order valence-corrected chi connectivity index (χ2v) is 5.13. The van der Waals surface area contributed by atoms with E-state index in [4.69, 9.17) is 9.47 Å². The van der Waals surface area contributed by atoms with Crippen LogP contribution < -0.4 is 5.32 Å². The summed E-state index contributed by atoms with van der Waals surface area (Å²) < 4.78 is 11.7. The van der Waals surface area contributed by atoms with Gasteiger partial charge in [-0.1, -0.05) is 0 Å². The molecule has 84 valence electrons. The lowest BCUT2D eigenvalue weighted by Gasteiger charge is -2.27. The van der Waals surface area contributed by atoms with E-state index >= 15 is 0 Å². The van der Waals surface area contributed by atoms with Crippen LogP contribution in [0.1, 0.15) is 34.1 Å². The van der Waals surface area contributed by atoms with Crippen molar-refractivity contribution in [3.63, 3.8) is 0 Å². The van der Waals surface area contributed by atoms with Gasteiger partial charge in [0.2, 0.25) is 0 Å². The molecule has 0 aromatic heterocycles. The normalized spacial score (nSPS) is 29.4. The number of rotatable bonds is 4. The number of hydrogen-bond acceptors (Lipinski definition) is 3. The zero-order valence-corrected chi connectivity index (χ0v) is 10.0. The maximum Gasteiger partial charge on any atom is 0.0895 e. The molecule has 1 unspecified atom stereocenters. The molecule has 1 atom stereocenters. The van der Waals surface area contributed by atoms with Crippen LogP contribution in [0.2, 0.25) is 0 Å². The van der Waals surface area contributed by atoms with Gasteiger partial charge in [-0.15, -0.1) is 0 Å². The second kappa shape index (κ2) is 4.17. The van der Waals surface area contributed by atoms with E-state index in [2.05, 4.69) is 33.0 Å². The highest BCUT2D eigenvalue weighted by molar-refractivity contribution is 4.95. The van der Waals surface area contributed by atoms with E-state index in [1.807, 2.05) is 7.05 Å². The van der Waals surface area contributed by atoms with Crippen molar-refractivity contribution in [2.75, 3.05) is 20.2 Å². The fourth-order valence-corrected chi connectivity index (χ4v) is 2.07. The van der Waals surface area contributed by atoms with Crippen LogP contribution in [-0.2, 0) is 9.47 Å². The molecule has 1 aliphatic rings. The van der Waals surface area contributed by atoms with Gasteiger partial charge in [-0.25, -0.2) is 0 Å². The molecule has 0 aromatic rings. The highest BCUT2D eigenvalue weighted by Crippen LogP contribution is 2.38. The third-order valence-corrected chi connectivity index (χ3v) is 2.66. The van der Waals surface area contributed by atoms with E-state index in [0.29, 0.717) is 0 Å². The number of ether oxygens (including phenoxy) is 2. The molecule has 3 heteroatoms. The zero-order chi connectivity index (χ0) is 10.8. The first-order chi connectivity index (χ1) is 6.37. The van der Waals surface area contributed by atoms with Crippen molar-refractivity contribution in [2.45, 2.75) is 51.4 Å². The predicted molar refractivity (Wildman–Crippen MR) is 57.5 cm³/mol. The van der Waals surface area contributed by atoms with Crippen molar-refractivity contribution in [2.24, 2.45) is 0 Å². The Morgan fingerprint density at radius 3 is 2.43 bits per heavy atom. The third kappa shape index (κ3) is 2.94. The highest BCUT2D eigenvalue weighted by Gasteiger charge is 2.46. The minimum absolute atomic E-state index is 0.0478. The molecule has 1 rings (SSSR count). The predicted octanol–water partition coefficient (Wildman–Crippen LogP) is 1.57. The Morgan fingerprint density at radius 1 is 1.36 bits per heavy atom. The van der Waals surface area contributed by atoms with Gasteiger partial charge in [-0.05, 0) is 34.7 Å². The lowest BCUT2D eigenvalue weighted by Crippen LogP contribution is -2.36. The maximum absolute atomic E-state index is 5.93. The van der Waals surface area contributed by atoms with E-state index in [1.165, 1.54) is 0 Å². The summed E-state index contributed by atoms with van der Waals surface area (Å²) in [6.07, 6.45) is 1.19. The summed E-state index contributed by atoms with van der Waals surface area (Å²) in [5.41, 5.74) is -0.203. The molecule has 1 saturated heterocycles. The molecule has 3 nitrogen and oxygen atoms in total. The van der Waals surface area contributed by atoms with Gasteiger partial charge in [0.1, 0.15) is 0 Å². The Balaban J connectivity index is 2.44. The van der Waals surface area contributed by atoms with Gasteiger partial charge in [0.25, 0.3) is 0 Å². The molecule has 1 fully saturated rings. The molecule has 1 N–H and O–H groups in total. The smallest absolute Gasteiger partial charge is 0.0895 e. The van der Waals surface area contributed by atoms with Crippen molar-refractivity contribution in [1.29, 1.82) is 0 Å². The Hall–Kier alpha value is -0.120. The van der Waals surface area contributed by atoms with Gasteiger partial charge >= 0.3 is 0 Å². The minimum atomic E-state index is -0.156. The summed E-state index contributed by atoms with van der Waals surface area (Å²) in [6, 6.07) is 0. The Morgan fingerprint density at radius 2 is 2.00 bits per heavy atom. The molecule has 0 aliphatic carbocycles.